The van der Waals surface area contributed by atoms with Crippen LogP contribution in [-0.2, 0) is 19.2 Å². The lowest BCUT2D eigenvalue weighted by Crippen LogP contribution is -2.57. The van der Waals surface area contributed by atoms with Gasteiger partial charge in [0.25, 0.3) is 0 Å². The Morgan fingerprint density at radius 1 is 0.923 bits per heavy atom. The predicted octanol–water partition coefficient (Wildman–Crippen LogP) is -0.698. The molecule has 150 valence electrons. The van der Waals surface area contributed by atoms with Gasteiger partial charge >= 0.3 is 5.97 Å². The van der Waals surface area contributed by atoms with Crippen LogP contribution in [-0.4, -0.2) is 65.0 Å². The maximum atomic E-state index is 12.4. The number of aliphatic carboxylic acids is 1. The molecule has 0 fully saturated rings. The molecule has 9 nitrogen and oxygen atoms in total. The van der Waals surface area contributed by atoms with Crippen molar-refractivity contribution >= 4 is 35.5 Å². The molecule has 3 amide bonds. The SMILES string of the molecule is CSCCC(N)C(=O)NC(C(=O)NC(C)C(=O)NC(C)C(=O)O)C(C)C. The van der Waals surface area contributed by atoms with E-state index >= 15 is 0 Å². The summed E-state index contributed by atoms with van der Waals surface area (Å²) in [6.07, 6.45) is 2.40. The molecule has 0 aliphatic rings. The van der Waals surface area contributed by atoms with Gasteiger partial charge < -0.3 is 26.8 Å². The molecule has 0 aliphatic heterocycles. The third-order valence-corrected chi connectivity index (χ3v) is 4.34. The van der Waals surface area contributed by atoms with Crippen LogP contribution in [0.4, 0.5) is 0 Å². The Labute approximate surface area is 158 Å². The van der Waals surface area contributed by atoms with Crippen LogP contribution >= 0.6 is 11.8 Å². The van der Waals surface area contributed by atoms with Crippen LogP contribution in [0.3, 0.4) is 0 Å². The number of carboxylic acids is 1. The molecule has 4 unspecified atom stereocenters. The normalized spacial score (nSPS) is 15.5. The Kier molecular flexibility index (Phi) is 10.9. The van der Waals surface area contributed by atoms with Crippen LogP contribution in [0.15, 0.2) is 0 Å². The second-order valence-corrected chi connectivity index (χ2v) is 7.40. The van der Waals surface area contributed by atoms with Crippen LogP contribution < -0.4 is 21.7 Å². The third kappa shape index (κ3) is 8.52. The maximum absolute atomic E-state index is 12.4. The smallest absolute Gasteiger partial charge is 0.325 e. The standard InChI is InChI=1S/C16H30N4O5S/c1-8(2)12(20-14(22)11(17)6-7-26-5)15(23)18-9(3)13(21)19-10(4)16(24)25/h8-12H,6-7,17H2,1-5H3,(H,18,23)(H,19,21)(H,20,22)(H,24,25). The Morgan fingerprint density at radius 2 is 1.46 bits per heavy atom. The van der Waals surface area contributed by atoms with Crippen molar-refractivity contribution in [1.82, 2.24) is 16.0 Å². The van der Waals surface area contributed by atoms with E-state index in [1.165, 1.54) is 13.8 Å². The molecule has 26 heavy (non-hydrogen) atoms. The second-order valence-electron chi connectivity index (χ2n) is 6.42. The minimum atomic E-state index is -1.18. The van der Waals surface area contributed by atoms with Gasteiger partial charge in [-0.1, -0.05) is 13.8 Å². The van der Waals surface area contributed by atoms with Crippen molar-refractivity contribution in [2.75, 3.05) is 12.0 Å². The first kappa shape index (κ1) is 24.2. The molecule has 0 aliphatic carbocycles. The summed E-state index contributed by atoms with van der Waals surface area (Å²) in [5, 5.41) is 16.2. The van der Waals surface area contributed by atoms with Crippen molar-refractivity contribution in [3.05, 3.63) is 0 Å². The average molecular weight is 391 g/mol. The van der Waals surface area contributed by atoms with E-state index in [0.717, 1.165) is 5.75 Å². The molecule has 0 rings (SSSR count). The molecular weight excluding hydrogens is 360 g/mol. The van der Waals surface area contributed by atoms with E-state index in [4.69, 9.17) is 10.8 Å². The van der Waals surface area contributed by atoms with Crippen LogP contribution in [0.2, 0.25) is 0 Å². The molecule has 0 aromatic carbocycles. The zero-order valence-corrected chi connectivity index (χ0v) is 16.7. The van der Waals surface area contributed by atoms with Gasteiger partial charge in [0, 0.05) is 0 Å². The summed E-state index contributed by atoms with van der Waals surface area (Å²) in [5.74, 6) is -2.26. The number of amides is 3. The molecular formula is C16H30N4O5S. The highest BCUT2D eigenvalue weighted by Crippen LogP contribution is 2.05. The first-order chi connectivity index (χ1) is 12.0. The monoisotopic (exact) mass is 390 g/mol. The van der Waals surface area contributed by atoms with Gasteiger partial charge in [-0.15, -0.1) is 0 Å². The Morgan fingerprint density at radius 3 is 1.92 bits per heavy atom. The fraction of sp³-hybridized carbons (Fsp3) is 0.750. The van der Waals surface area contributed by atoms with Gasteiger partial charge in [0.2, 0.25) is 17.7 Å². The van der Waals surface area contributed by atoms with E-state index in [1.54, 1.807) is 25.6 Å². The van der Waals surface area contributed by atoms with Gasteiger partial charge in [0.15, 0.2) is 0 Å². The van der Waals surface area contributed by atoms with Crippen molar-refractivity contribution in [2.24, 2.45) is 11.7 Å². The van der Waals surface area contributed by atoms with Gasteiger partial charge in [0.1, 0.15) is 18.1 Å². The molecule has 0 bridgehead atoms. The summed E-state index contributed by atoms with van der Waals surface area (Å²) < 4.78 is 0. The topological polar surface area (TPSA) is 151 Å². The summed E-state index contributed by atoms with van der Waals surface area (Å²) >= 11 is 1.57. The Bertz CT molecular complexity index is 515. The lowest BCUT2D eigenvalue weighted by atomic mass is 10.0. The van der Waals surface area contributed by atoms with Crippen molar-refractivity contribution in [3.63, 3.8) is 0 Å². The molecule has 10 heteroatoms. The number of carbonyl (C=O) groups excluding carboxylic acids is 3. The van der Waals surface area contributed by atoms with E-state index in [-0.39, 0.29) is 5.92 Å². The maximum Gasteiger partial charge on any atom is 0.325 e. The highest BCUT2D eigenvalue weighted by molar-refractivity contribution is 7.98. The van der Waals surface area contributed by atoms with Gasteiger partial charge in [-0.2, -0.15) is 11.8 Å². The number of hydrogen-bond donors (Lipinski definition) is 5. The third-order valence-electron chi connectivity index (χ3n) is 3.70. The van der Waals surface area contributed by atoms with Crippen LogP contribution in [0.1, 0.15) is 34.1 Å². The second kappa shape index (κ2) is 11.7. The van der Waals surface area contributed by atoms with Gasteiger partial charge in [-0.25, -0.2) is 0 Å². The lowest BCUT2D eigenvalue weighted by molar-refractivity contribution is -0.141. The van der Waals surface area contributed by atoms with E-state index in [2.05, 4.69) is 16.0 Å². The Balaban J connectivity index is 4.79. The summed E-state index contributed by atoms with van der Waals surface area (Å²) in [5.41, 5.74) is 5.81. The fourth-order valence-corrected chi connectivity index (χ4v) is 2.43. The number of carbonyl (C=O) groups is 4. The molecule has 0 aromatic rings. The fourth-order valence-electron chi connectivity index (χ4n) is 1.94. The predicted molar refractivity (Wildman–Crippen MR) is 101 cm³/mol. The number of carboxylic acid groups (broad SMARTS) is 1. The molecule has 0 heterocycles. The quantitative estimate of drug-likeness (QED) is 0.313. The van der Waals surface area contributed by atoms with Crippen molar-refractivity contribution in [2.45, 2.75) is 58.3 Å². The van der Waals surface area contributed by atoms with Gasteiger partial charge in [-0.05, 0) is 38.2 Å². The molecule has 0 saturated heterocycles. The van der Waals surface area contributed by atoms with E-state index in [0.29, 0.717) is 6.42 Å². The minimum absolute atomic E-state index is 0.222. The highest BCUT2D eigenvalue weighted by Gasteiger charge is 2.29. The van der Waals surface area contributed by atoms with Gasteiger partial charge in [-0.3, -0.25) is 19.2 Å². The van der Waals surface area contributed by atoms with E-state index in [1.807, 2.05) is 6.26 Å². The number of thioether (sulfide) groups is 1. The first-order valence-corrected chi connectivity index (χ1v) is 9.79. The Hall–Kier alpha value is -1.81. The lowest BCUT2D eigenvalue weighted by Gasteiger charge is -2.25. The largest absolute Gasteiger partial charge is 0.480 e. The van der Waals surface area contributed by atoms with Crippen molar-refractivity contribution in [1.29, 1.82) is 0 Å². The van der Waals surface area contributed by atoms with Crippen molar-refractivity contribution in [3.8, 4) is 0 Å². The molecule has 6 N–H and O–H groups in total. The van der Waals surface area contributed by atoms with Crippen LogP contribution in [0.25, 0.3) is 0 Å². The van der Waals surface area contributed by atoms with Crippen LogP contribution in [0, 0.1) is 5.92 Å². The zero-order chi connectivity index (χ0) is 20.4. The first-order valence-electron chi connectivity index (χ1n) is 8.39. The number of rotatable bonds is 11. The summed E-state index contributed by atoms with van der Waals surface area (Å²) in [6, 6.07) is -3.59. The molecule has 0 aromatic heterocycles. The molecule has 0 radical (unpaired) electrons. The molecule has 0 spiro atoms. The summed E-state index contributed by atoms with van der Waals surface area (Å²) in [7, 11) is 0. The van der Waals surface area contributed by atoms with Crippen molar-refractivity contribution < 1.29 is 24.3 Å². The summed E-state index contributed by atoms with van der Waals surface area (Å²) in [4.78, 5) is 47.3. The molecule has 4 atom stereocenters. The van der Waals surface area contributed by atoms with E-state index < -0.39 is 47.9 Å². The van der Waals surface area contributed by atoms with Crippen LogP contribution in [0.5, 0.6) is 0 Å². The minimum Gasteiger partial charge on any atom is -0.480 e. The van der Waals surface area contributed by atoms with E-state index in [9.17, 15) is 19.2 Å². The summed E-state index contributed by atoms with van der Waals surface area (Å²) in [6.45, 7) is 6.28. The van der Waals surface area contributed by atoms with Gasteiger partial charge in [0.05, 0.1) is 6.04 Å². The number of nitrogens with two attached hydrogens (primary N) is 1. The molecule has 0 saturated carbocycles. The number of nitrogens with one attached hydrogen (secondary N) is 3. The zero-order valence-electron chi connectivity index (χ0n) is 15.9. The average Bonchev–Trinajstić information content (AvgIpc) is 2.56. The highest BCUT2D eigenvalue weighted by atomic mass is 32.2. The number of hydrogen-bond acceptors (Lipinski definition) is 6.